The Hall–Kier alpha value is -2.81. The van der Waals surface area contributed by atoms with Crippen molar-refractivity contribution >= 4 is 15.7 Å². The molecule has 0 spiro atoms. The second kappa shape index (κ2) is 7.31. The van der Waals surface area contributed by atoms with Crippen LogP contribution in [0.2, 0.25) is 0 Å². The van der Waals surface area contributed by atoms with E-state index in [2.05, 4.69) is 39.3 Å². The Morgan fingerprint density at radius 1 is 1.18 bits per heavy atom. The first-order valence-electron chi connectivity index (χ1n) is 9.24. The molecule has 1 atom stereocenters. The zero-order valence-electron chi connectivity index (χ0n) is 15.8. The summed E-state index contributed by atoms with van der Waals surface area (Å²) in [5.74, 6) is 0.993. The van der Waals surface area contributed by atoms with E-state index in [9.17, 15) is 8.42 Å². The molecule has 3 aromatic rings. The number of anilines is 1. The molecule has 146 valence electrons. The number of benzene rings is 1. The SMILES string of the molecule is CC(C)[C@H](Nc1ncncc1-n1nccn1)c1ccc2c(c1)S(=O)(=O)CCC2. The Labute approximate surface area is 164 Å². The van der Waals surface area contributed by atoms with Crippen molar-refractivity contribution in [3.63, 3.8) is 0 Å². The van der Waals surface area contributed by atoms with Crippen LogP contribution in [0.25, 0.3) is 5.69 Å². The van der Waals surface area contributed by atoms with E-state index in [-0.39, 0.29) is 17.7 Å². The molecule has 1 aliphatic rings. The van der Waals surface area contributed by atoms with Gasteiger partial charge >= 0.3 is 0 Å². The molecule has 9 heteroatoms. The lowest BCUT2D eigenvalue weighted by atomic mass is 9.94. The number of aryl methyl sites for hydroxylation is 1. The first-order chi connectivity index (χ1) is 13.5. The van der Waals surface area contributed by atoms with Crippen LogP contribution in [-0.2, 0) is 16.3 Å². The normalized spacial score (nSPS) is 16.5. The van der Waals surface area contributed by atoms with Gasteiger partial charge in [-0.3, -0.25) is 0 Å². The van der Waals surface area contributed by atoms with E-state index in [0.29, 0.717) is 22.8 Å². The number of nitrogens with one attached hydrogen (secondary N) is 1. The molecule has 0 bridgehead atoms. The van der Waals surface area contributed by atoms with E-state index in [1.807, 2.05) is 18.2 Å². The number of sulfone groups is 1. The van der Waals surface area contributed by atoms with Gasteiger partial charge in [0.1, 0.15) is 12.0 Å². The fourth-order valence-corrected chi connectivity index (χ4v) is 5.15. The van der Waals surface area contributed by atoms with Crippen LogP contribution in [0.5, 0.6) is 0 Å². The summed E-state index contributed by atoms with van der Waals surface area (Å²) in [5, 5.41) is 11.7. The van der Waals surface area contributed by atoms with Gasteiger partial charge in [-0.15, -0.1) is 4.80 Å². The maximum atomic E-state index is 12.5. The second-order valence-electron chi connectivity index (χ2n) is 7.23. The highest BCUT2D eigenvalue weighted by Crippen LogP contribution is 2.32. The zero-order valence-corrected chi connectivity index (χ0v) is 16.6. The number of hydrogen-bond acceptors (Lipinski definition) is 7. The quantitative estimate of drug-likeness (QED) is 0.704. The van der Waals surface area contributed by atoms with Crippen molar-refractivity contribution in [3.05, 3.63) is 54.2 Å². The highest BCUT2D eigenvalue weighted by Gasteiger charge is 2.26. The van der Waals surface area contributed by atoms with Gasteiger partial charge in [-0.2, -0.15) is 10.2 Å². The van der Waals surface area contributed by atoms with Crippen molar-refractivity contribution in [2.24, 2.45) is 5.92 Å². The van der Waals surface area contributed by atoms with Gasteiger partial charge in [0.15, 0.2) is 15.7 Å². The lowest BCUT2D eigenvalue weighted by molar-refractivity contribution is 0.541. The Balaban J connectivity index is 1.73. The van der Waals surface area contributed by atoms with Gasteiger partial charge in [0, 0.05) is 0 Å². The van der Waals surface area contributed by atoms with Crippen LogP contribution in [0.15, 0.2) is 48.0 Å². The lowest BCUT2D eigenvalue weighted by Crippen LogP contribution is -2.21. The first kappa shape index (κ1) is 18.5. The summed E-state index contributed by atoms with van der Waals surface area (Å²) in [6, 6.07) is 5.62. The molecule has 1 aliphatic heterocycles. The van der Waals surface area contributed by atoms with Crippen molar-refractivity contribution < 1.29 is 8.42 Å². The Kier molecular flexibility index (Phi) is 4.84. The molecular formula is C19H22N6O2S. The lowest BCUT2D eigenvalue weighted by Gasteiger charge is -2.26. The van der Waals surface area contributed by atoms with Gasteiger partial charge in [-0.25, -0.2) is 18.4 Å². The minimum Gasteiger partial charge on any atom is -0.361 e. The largest absolute Gasteiger partial charge is 0.361 e. The number of aromatic nitrogens is 5. The second-order valence-corrected chi connectivity index (χ2v) is 9.31. The van der Waals surface area contributed by atoms with Gasteiger partial charge in [0.25, 0.3) is 0 Å². The van der Waals surface area contributed by atoms with E-state index >= 15 is 0 Å². The first-order valence-corrected chi connectivity index (χ1v) is 10.9. The molecule has 0 saturated heterocycles. The average Bonchev–Trinajstić information content (AvgIpc) is 3.20. The molecule has 0 fully saturated rings. The Morgan fingerprint density at radius 2 is 1.96 bits per heavy atom. The summed E-state index contributed by atoms with van der Waals surface area (Å²) >= 11 is 0. The van der Waals surface area contributed by atoms with Crippen molar-refractivity contribution in [3.8, 4) is 5.69 Å². The molecule has 2 aromatic heterocycles. The predicted molar refractivity (Wildman–Crippen MR) is 105 cm³/mol. The average molecular weight is 398 g/mol. The predicted octanol–water partition coefficient (Wildman–Crippen LogP) is 2.59. The molecule has 28 heavy (non-hydrogen) atoms. The maximum Gasteiger partial charge on any atom is 0.178 e. The number of hydrogen-bond donors (Lipinski definition) is 1. The molecular weight excluding hydrogens is 376 g/mol. The van der Waals surface area contributed by atoms with Gasteiger partial charge in [0.05, 0.1) is 35.3 Å². The van der Waals surface area contributed by atoms with E-state index in [0.717, 1.165) is 17.5 Å². The van der Waals surface area contributed by atoms with Crippen LogP contribution >= 0.6 is 0 Å². The minimum absolute atomic E-state index is 0.133. The molecule has 0 radical (unpaired) electrons. The third-order valence-corrected chi connectivity index (χ3v) is 6.81. The standard InChI is InChI=1S/C19H22N6O2S/c1-13(2)18(15-6-5-14-4-3-9-28(26,27)17(14)10-15)24-19-16(11-20-12-21-19)25-22-7-8-23-25/h5-8,10-13,18H,3-4,9H2,1-2H3,(H,20,21,24)/t18-/m0/s1. The molecule has 0 aliphatic carbocycles. The molecule has 1 N–H and O–H groups in total. The van der Waals surface area contributed by atoms with Crippen LogP contribution in [-0.4, -0.2) is 39.1 Å². The molecule has 0 saturated carbocycles. The van der Waals surface area contributed by atoms with Crippen LogP contribution in [0, 0.1) is 5.92 Å². The van der Waals surface area contributed by atoms with E-state index in [1.54, 1.807) is 18.6 Å². The fourth-order valence-electron chi connectivity index (χ4n) is 3.53. The smallest absolute Gasteiger partial charge is 0.178 e. The Bertz CT molecular complexity index is 1080. The van der Waals surface area contributed by atoms with E-state index in [1.165, 1.54) is 11.1 Å². The molecule has 0 unspecified atom stereocenters. The highest BCUT2D eigenvalue weighted by atomic mass is 32.2. The third kappa shape index (κ3) is 3.49. The van der Waals surface area contributed by atoms with E-state index < -0.39 is 9.84 Å². The summed E-state index contributed by atoms with van der Waals surface area (Å²) in [7, 11) is -3.22. The highest BCUT2D eigenvalue weighted by molar-refractivity contribution is 7.91. The monoisotopic (exact) mass is 398 g/mol. The molecule has 0 amide bonds. The molecule has 4 rings (SSSR count). The summed E-state index contributed by atoms with van der Waals surface area (Å²) in [4.78, 5) is 10.3. The zero-order chi connectivity index (χ0) is 19.7. The van der Waals surface area contributed by atoms with Crippen LogP contribution in [0.1, 0.15) is 37.4 Å². The van der Waals surface area contributed by atoms with E-state index in [4.69, 9.17) is 0 Å². The van der Waals surface area contributed by atoms with Crippen LogP contribution in [0.4, 0.5) is 5.82 Å². The topological polar surface area (TPSA) is 103 Å². The van der Waals surface area contributed by atoms with Crippen LogP contribution < -0.4 is 5.32 Å². The van der Waals surface area contributed by atoms with Gasteiger partial charge in [-0.05, 0) is 36.0 Å². The molecule has 8 nitrogen and oxygen atoms in total. The van der Waals surface area contributed by atoms with Crippen molar-refractivity contribution in [2.75, 3.05) is 11.1 Å². The van der Waals surface area contributed by atoms with Gasteiger partial charge in [0.2, 0.25) is 0 Å². The summed E-state index contributed by atoms with van der Waals surface area (Å²) in [6.07, 6.45) is 7.77. The van der Waals surface area contributed by atoms with Gasteiger partial charge < -0.3 is 5.32 Å². The number of rotatable bonds is 5. The molecule has 1 aromatic carbocycles. The maximum absolute atomic E-state index is 12.5. The van der Waals surface area contributed by atoms with Crippen LogP contribution in [0.3, 0.4) is 0 Å². The number of nitrogens with zero attached hydrogens (tertiary/aromatic N) is 5. The van der Waals surface area contributed by atoms with Crippen molar-refractivity contribution in [2.45, 2.75) is 37.6 Å². The minimum atomic E-state index is -3.22. The Morgan fingerprint density at radius 3 is 2.71 bits per heavy atom. The van der Waals surface area contributed by atoms with Crippen molar-refractivity contribution in [1.82, 2.24) is 25.0 Å². The summed E-state index contributed by atoms with van der Waals surface area (Å²) in [6.45, 7) is 4.16. The summed E-state index contributed by atoms with van der Waals surface area (Å²) < 4.78 is 25.0. The summed E-state index contributed by atoms with van der Waals surface area (Å²) in [5.41, 5.74) is 2.45. The van der Waals surface area contributed by atoms with Crippen molar-refractivity contribution in [1.29, 1.82) is 0 Å². The number of fused-ring (bicyclic) bond motifs is 1. The molecule has 3 heterocycles. The fraction of sp³-hybridized carbons (Fsp3) is 0.368. The third-order valence-electron chi connectivity index (χ3n) is 4.93. The van der Waals surface area contributed by atoms with Gasteiger partial charge in [-0.1, -0.05) is 26.0 Å².